The van der Waals surface area contributed by atoms with Crippen LogP contribution in [0.5, 0.6) is 0 Å². The van der Waals surface area contributed by atoms with E-state index in [1.807, 2.05) is 24.3 Å². The number of nitrogens with one attached hydrogen (secondary N) is 1. The van der Waals surface area contributed by atoms with Crippen LogP contribution in [0.2, 0.25) is 0 Å². The molecule has 4 rings (SSSR count). The number of ether oxygens (including phenoxy) is 1. The summed E-state index contributed by atoms with van der Waals surface area (Å²) in [7, 11) is 0. The summed E-state index contributed by atoms with van der Waals surface area (Å²) in [5, 5.41) is 13.7. The largest absolute Gasteiger partial charge is 0.449 e. The van der Waals surface area contributed by atoms with Crippen LogP contribution in [0, 0.1) is 15.9 Å². The molecule has 32 heavy (non-hydrogen) atoms. The minimum Gasteiger partial charge on any atom is -0.449 e. The maximum Gasteiger partial charge on any atom is 0.407 e. The maximum atomic E-state index is 13.4. The Morgan fingerprint density at radius 3 is 2.38 bits per heavy atom. The average Bonchev–Trinajstić information content (AvgIpc) is 3.11. The number of benzene rings is 3. The second-order valence-electron chi connectivity index (χ2n) is 7.40. The van der Waals surface area contributed by atoms with Crippen LogP contribution in [0.1, 0.15) is 29.0 Å². The van der Waals surface area contributed by atoms with Gasteiger partial charge in [0, 0.05) is 18.5 Å². The normalized spacial score (nSPS) is 12.4. The molecule has 162 valence electrons. The van der Waals surface area contributed by atoms with Gasteiger partial charge in [-0.05, 0) is 40.8 Å². The molecule has 7 heteroatoms. The highest BCUT2D eigenvalue weighted by molar-refractivity contribution is 5.79. The number of alkyl carbamates (subject to hydrolysis) is 1. The first-order valence-corrected chi connectivity index (χ1v) is 10.2. The van der Waals surface area contributed by atoms with Crippen LogP contribution in [-0.2, 0) is 4.74 Å². The summed E-state index contributed by atoms with van der Waals surface area (Å²) in [6.45, 7) is 0.515. The molecule has 0 heterocycles. The topological polar surface area (TPSA) is 81.5 Å². The minimum absolute atomic E-state index is 0.0124. The van der Waals surface area contributed by atoms with E-state index in [1.165, 1.54) is 6.08 Å². The van der Waals surface area contributed by atoms with Crippen LogP contribution in [0.3, 0.4) is 0 Å². The van der Waals surface area contributed by atoms with E-state index < -0.39 is 16.8 Å². The number of nitrogens with zero attached hydrogens (tertiary/aromatic N) is 1. The van der Waals surface area contributed by atoms with Crippen LogP contribution in [0.25, 0.3) is 17.2 Å². The average molecular weight is 432 g/mol. The molecule has 0 unspecified atom stereocenters. The number of amides is 1. The summed E-state index contributed by atoms with van der Waals surface area (Å²) < 4.78 is 18.8. The van der Waals surface area contributed by atoms with Gasteiger partial charge in [0.25, 0.3) is 5.69 Å². The van der Waals surface area contributed by atoms with Gasteiger partial charge in [0.2, 0.25) is 0 Å². The SMILES string of the molecule is O=C(NCCC=Cc1cc(F)ccc1[N+](=O)[O-])OCC1c2ccccc2-c2ccccc21. The van der Waals surface area contributed by atoms with E-state index in [2.05, 4.69) is 29.6 Å². The van der Waals surface area contributed by atoms with Crippen molar-refractivity contribution in [2.75, 3.05) is 13.2 Å². The van der Waals surface area contributed by atoms with E-state index >= 15 is 0 Å². The second kappa shape index (κ2) is 9.43. The lowest BCUT2D eigenvalue weighted by Gasteiger charge is -2.14. The van der Waals surface area contributed by atoms with Crippen molar-refractivity contribution in [3.05, 3.63) is 105 Å². The fraction of sp³-hybridized carbons (Fsp3) is 0.160. The first kappa shape index (κ1) is 21.2. The molecular weight excluding hydrogens is 411 g/mol. The minimum atomic E-state index is -0.561. The summed E-state index contributed by atoms with van der Waals surface area (Å²) in [5.74, 6) is -0.561. The number of fused-ring (bicyclic) bond motifs is 3. The lowest BCUT2D eigenvalue weighted by Crippen LogP contribution is -2.26. The number of carbonyl (C=O) groups excluding carboxylic acids is 1. The summed E-state index contributed by atoms with van der Waals surface area (Å²) in [4.78, 5) is 22.6. The number of hydrogen-bond acceptors (Lipinski definition) is 4. The molecule has 3 aromatic carbocycles. The molecule has 0 atom stereocenters. The molecule has 0 saturated carbocycles. The third-order valence-electron chi connectivity index (χ3n) is 5.41. The van der Waals surface area contributed by atoms with E-state index in [-0.39, 0.29) is 30.3 Å². The van der Waals surface area contributed by atoms with E-state index in [0.29, 0.717) is 6.42 Å². The van der Waals surface area contributed by atoms with Crippen molar-refractivity contribution in [3.63, 3.8) is 0 Å². The Labute approximate surface area is 184 Å². The zero-order valence-electron chi connectivity index (χ0n) is 17.2. The molecule has 0 aliphatic heterocycles. The zero-order chi connectivity index (χ0) is 22.5. The summed E-state index contributed by atoms with van der Waals surface area (Å²) in [5.41, 5.74) is 4.60. The number of rotatable bonds is 7. The van der Waals surface area contributed by atoms with Crippen LogP contribution in [-0.4, -0.2) is 24.2 Å². The molecule has 1 N–H and O–H groups in total. The lowest BCUT2D eigenvalue weighted by molar-refractivity contribution is -0.385. The summed E-state index contributed by atoms with van der Waals surface area (Å²) in [6.07, 6.45) is 3.00. The highest BCUT2D eigenvalue weighted by atomic mass is 19.1. The molecular formula is C25H21FN2O4. The fourth-order valence-electron chi connectivity index (χ4n) is 3.94. The Morgan fingerprint density at radius 2 is 1.72 bits per heavy atom. The number of carbonyl (C=O) groups is 1. The smallest absolute Gasteiger partial charge is 0.407 e. The standard InChI is InChI=1S/C25H21FN2O4/c26-18-12-13-24(28(30)31)17(15-18)7-5-6-14-27-25(29)32-16-23-21-10-3-1-8-19(21)20-9-2-4-11-22(20)23/h1-5,7-13,15,23H,6,14,16H2,(H,27,29). The molecule has 0 saturated heterocycles. The summed E-state index contributed by atoms with van der Waals surface area (Å²) in [6, 6.07) is 19.5. The van der Waals surface area contributed by atoms with E-state index in [1.54, 1.807) is 6.08 Å². The van der Waals surface area contributed by atoms with Crippen LogP contribution in [0.15, 0.2) is 72.8 Å². The Balaban J connectivity index is 1.29. The Bertz CT molecular complexity index is 1150. The van der Waals surface area contributed by atoms with Crippen molar-refractivity contribution in [1.82, 2.24) is 5.32 Å². The van der Waals surface area contributed by atoms with Crippen LogP contribution >= 0.6 is 0 Å². The van der Waals surface area contributed by atoms with Crippen molar-refractivity contribution in [2.24, 2.45) is 0 Å². The van der Waals surface area contributed by atoms with Gasteiger partial charge in [0.15, 0.2) is 0 Å². The first-order chi connectivity index (χ1) is 15.5. The molecule has 1 aliphatic rings. The third-order valence-corrected chi connectivity index (χ3v) is 5.41. The van der Waals surface area contributed by atoms with Gasteiger partial charge in [-0.25, -0.2) is 9.18 Å². The van der Waals surface area contributed by atoms with Crippen molar-refractivity contribution in [3.8, 4) is 11.1 Å². The van der Waals surface area contributed by atoms with Gasteiger partial charge >= 0.3 is 6.09 Å². The number of nitro benzene ring substituents is 1. The number of nitro groups is 1. The quantitative estimate of drug-likeness (QED) is 0.296. The predicted molar refractivity (Wildman–Crippen MR) is 120 cm³/mol. The van der Waals surface area contributed by atoms with Crippen molar-refractivity contribution < 1.29 is 18.8 Å². The van der Waals surface area contributed by atoms with Gasteiger partial charge in [0.1, 0.15) is 12.4 Å². The fourth-order valence-corrected chi connectivity index (χ4v) is 3.94. The van der Waals surface area contributed by atoms with Gasteiger partial charge in [-0.1, -0.05) is 60.7 Å². The molecule has 0 fully saturated rings. The molecule has 0 radical (unpaired) electrons. The number of hydrogen-bond donors (Lipinski definition) is 1. The lowest BCUT2D eigenvalue weighted by atomic mass is 9.98. The Hall–Kier alpha value is -4.00. The van der Waals surface area contributed by atoms with Gasteiger partial charge in [-0.3, -0.25) is 10.1 Å². The van der Waals surface area contributed by atoms with Crippen LogP contribution < -0.4 is 5.32 Å². The highest BCUT2D eigenvalue weighted by Crippen LogP contribution is 2.44. The maximum absolute atomic E-state index is 13.4. The van der Waals surface area contributed by atoms with Gasteiger partial charge in [-0.15, -0.1) is 0 Å². The van der Waals surface area contributed by atoms with Gasteiger partial charge < -0.3 is 10.1 Å². The zero-order valence-corrected chi connectivity index (χ0v) is 17.2. The first-order valence-electron chi connectivity index (χ1n) is 10.2. The van der Waals surface area contributed by atoms with Gasteiger partial charge in [0.05, 0.1) is 10.5 Å². The highest BCUT2D eigenvalue weighted by Gasteiger charge is 2.28. The molecule has 3 aromatic rings. The molecule has 0 aromatic heterocycles. The Kier molecular flexibility index (Phi) is 6.26. The van der Waals surface area contributed by atoms with Crippen molar-refractivity contribution >= 4 is 17.9 Å². The third kappa shape index (κ3) is 4.51. The second-order valence-corrected chi connectivity index (χ2v) is 7.40. The van der Waals surface area contributed by atoms with Crippen molar-refractivity contribution in [1.29, 1.82) is 0 Å². The number of halogens is 1. The molecule has 6 nitrogen and oxygen atoms in total. The van der Waals surface area contributed by atoms with E-state index in [4.69, 9.17) is 4.74 Å². The van der Waals surface area contributed by atoms with E-state index in [0.717, 1.165) is 40.5 Å². The summed E-state index contributed by atoms with van der Waals surface area (Å²) >= 11 is 0. The Morgan fingerprint density at radius 1 is 1.06 bits per heavy atom. The molecule has 0 spiro atoms. The van der Waals surface area contributed by atoms with E-state index in [9.17, 15) is 19.3 Å². The van der Waals surface area contributed by atoms with Gasteiger partial charge in [-0.2, -0.15) is 0 Å². The molecule has 0 bridgehead atoms. The van der Waals surface area contributed by atoms with Crippen LogP contribution in [0.4, 0.5) is 14.9 Å². The molecule has 1 amide bonds. The predicted octanol–water partition coefficient (Wildman–Crippen LogP) is 5.68. The van der Waals surface area contributed by atoms with Crippen molar-refractivity contribution in [2.45, 2.75) is 12.3 Å². The molecule has 1 aliphatic carbocycles. The monoisotopic (exact) mass is 432 g/mol.